The maximum Gasteiger partial charge on any atom is 0.263 e. The second-order valence-electron chi connectivity index (χ2n) is 6.65. The van der Waals surface area contributed by atoms with E-state index in [4.69, 9.17) is 5.11 Å². The maximum atomic E-state index is 12.2. The van der Waals surface area contributed by atoms with Gasteiger partial charge in [0.2, 0.25) is 0 Å². The van der Waals surface area contributed by atoms with E-state index in [0.29, 0.717) is 6.54 Å². The summed E-state index contributed by atoms with van der Waals surface area (Å²) in [4.78, 5) is 12.2. The summed E-state index contributed by atoms with van der Waals surface area (Å²) >= 11 is 0. The van der Waals surface area contributed by atoms with Gasteiger partial charge >= 0.3 is 0 Å². The van der Waals surface area contributed by atoms with Crippen LogP contribution in [0, 0.1) is 12.8 Å². The molecule has 0 aromatic heterocycles. The van der Waals surface area contributed by atoms with Gasteiger partial charge in [0.05, 0.1) is 12.6 Å². The normalized spacial score (nSPS) is 13.4. The zero-order valence-corrected chi connectivity index (χ0v) is 15.9. The van der Waals surface area contributed by atoms with Gasteiger partial charge in [-0.05, 0) is 44.4 Å². The first-order valence-electron chi connectivity index (χ1n) is 8.74. The second kappa shape index (κ2) is 10.6. The maximum absolute atomic E-state index is 12.2. The zero-order valence-electron chi connectivity index (χ0n) is 15.9. The number of hydrogen-bond acceptors (Lipinski definition) is 4. The minimum atomic E-state index is -0.487. The summed E-state index contributed by atoms with van der Waals surface area (Å²) in [5.74, 6) is -0.181. The standard InChI is InChI=1S/C21H30N2O3/c1-15-6-10-20(11-7-15)14-23(26)21(25)19(5)22-13-12-17(3)16(2)8-9-18(4)24/h6-11,17,19,22,24,26H,2,4,12-14H2,1,3,5H3/b9-8-. The molecule has 2 unspecified atom stereocenters. The Balaban J connectivity index is 2.40. The van der Waals surface area contributed by atoms with Gasteiger partial charge in [-0.1, -0.05) is 61.6 Å². The largest absolute Gasteiger partial charge is 0.509 e. The Morgan fingerprint density at radius 1 is 1.23 bits per heavy atom. The van der Waals surface area contributed by atoms with Gasteiger partial charge in [0.1, 0.15) is 5.76 Å². The molecule has 3 N–H and O–H groups in total. The minimum Gasteiger partial charge on any atom is -0.509 e. The monoisotopic (exact) mass is 358 g/mol. The third kappa shape index (κ3) is 7.68. The number of amides is 1. The molecule has 0 saturated heterocycles. The van der Waals surface area contributed by atoms with Crippen molar-refractivity contribution in [1.82, 2.24) is 10.4 Å². The van der Waals surface area contributed by atoms with E-state index in [1.807, 2.05) is 38.1 Å². The van der Waals surface area contributed by atoms with E-state index in [0.717, 1.165) is 28.2 Å². The van der Waals surface area contributed by atoms with Gasteiger partial charge in [-0.25, -0.2) is 5.06 Å². The van der Waals surface area contributed by atoms with Crippen molar-refractivity contribution in [2.45, 2.75) is 39.8 Å². The van der Waals surface area contributed by atoms with Gasteiger partial charge in [0, 0.05) is 0 Å². The van der Waals surface area contributed by atoms with E-state index >= 15 is 0 Å². The first-order valence-corrected chi connectivity index (χ1v) is 8.74. The van der Waals surface area contributed by atoms with Crippen molar-refractivity contribution in [3.8, 4) is 0 Å². The fourth-order valence-corrected chi connectivity index (χ4v) is 2.32. The number of hydroxylamine groups is 2. The van der Waals surface area contributed by atoms with Gasteiger partial charge in [0.15, 0.2) is 0 Å². The van der Waals surface area contributed by atoms with Gasteiger partial charge < -0.3 is 10.4 Å². The number of hydrogen-bond donors (Lipinski definition) is 3. The molecule has 0 aliphatic carbocycles. The number of aryl methyl sites for hydroxylation is 1. The summed E-state index contributed by atoms with van der Waals surface area (Å²) in [7, 11) is 0. The van der Waals surface area contributed by atoms with Gasteiger partial charge in [0.25, 0.3) is 5.91 Å². The van der Waals surface area contributed by atoms with Crippen molar-refractivity contribution in [2.24, 2.45) is 5.92 Å². The first kappa shape index (κ1) is 21.7. The lowest BCUT2D eigenvalue weighted by Crippen LogP contribution is -2.43. The van der Waals surface area contributed by atoms with Crippen molar-refractivity contribution in [2.75, 3.05) is 6.54 Å². The molecule has 1 amide bonds. The molecule has 5 heteroatoms. The van der Waals surface area contributed by atoms with Crippen LogP contribution in [0.4, 0.5) is 0 Å². The van der Waals surface area contributed by atoms with Crippen LogP contribution in [0.5, 0.6) is 0 Å². The number of rotatable bonds is 10. The third-order valence-corrected chi connectivity index (χ3v) is 4.23. The number of aliphatic hydroxyl groups is 1. The summed E-state index contributed by atoms with van der Waals surface area (Å²) in [6, 6.07) is 7.20. The lowest BCUT2D eigenvalue weighted by Gasteiger charge is -2.21. The van der Waals surface area contributed by atoms with E-state index in [-0.39, 0.29) is 24.1 Å². The van der Waals surface area contributed by atoms with Crippen LogP contribution in [0.3, 0.4) is 0 Å². The van der Waals surface area contributed by atoms with Crippen LogP contribution in [0.15, 0.2) is 60.9 Å². The Labute approximate surface area is 156 Å². The van der Waals surface area contributed by atoms with Crippen molar-refractivity contribution < 1.29 is 15.1 Å². The molecule has 1 aromatic carbocycles. The molecule has 0 radical (unpaired) electrons. The topological polar surface area (TPSA) is 72.8 Å². The van der Waals surface area contributed by atoms with Crippen molar-refractivity contribution in [3.05, 3.63) is 72.0 Å². The Morgan fingerprint density at radius 3 is 2.42 bits per heavy atom. The van der Waals surface area contributed by atoms with Crippen LogP contribution < -0.4 is 5.32 Å². The molecule has 0 aliphatic rings. The van der Waals surface area contributed by atoms with E-state index in [1.165, 1.54) is 6.08 Å². The second-order valence-corrected chi connectivity index (χ2v) is 6.65. The summed E-state index contributed by atoms with van der Waals surface area (Å²) in [6.07, 6.45) is 4.02. The fourth-order valence-electron chi connectivity index (χ4n) is 2.32. The van der Waals surface area contributed by atoms with E-state index in [9.17, 15) is 10.0 Å². The predicted octanol–water partition coefficient (Wildman–Crippen LogP) is 3.90. The lowest BCUT2D eigenvalue weighted by molar-refractivity contribution is -0.170. The van der Waals surface area contributed by atoms with Crippen molar-refractivity contribution in [1.29, 1.82) is 0 Å². The molecule has 5 nitrogen and oxygen atoms in total. The van der Waals surface area contributed by atoms with Gasteiger partial charge in [-0.15, -0.1) is 0 Å². The average molecular weight is 358 g/mol. The minimum absolute atomic E-state index is 0.00712. The van der Waals surface area contributed by atoms with Gasteiger partial charge in [-0.2, -0.15) is 0 Å². The smallest absolute Gasteiger partial charge is 0.263 e. The number of benzene rings is 1. The van der Waals surface area contributed by atoms with Crippen LogP contribution in [-0.4, -0.2) is 33.9 Å². The lowest BCUT2D eigenvalue weighted by atomic mass is 9.98. The molecule has 0 heterocycles. The summed E-state index contributed by atoms with van der Waals surface area (Å²) in [6.45, 7) is 13.9. The summed E-state index contributed by atoms with van der Waals surface area (Å²) in [5, 5.41) is 23.0. The molecule has 0 spiro atoms. The average Bonchev–Trinajstić information content (AvgIpc) is 2.60. The molecule has 2 atom stereocenters. The molecular formula is C21H30N2O3. The van der Waals surface area contributed by atoms with Crippen LogP contribution in [0.1, 0.15) is 31.4 Å². The summed E-state index contributed by atoms with van der Waals surface area (Å²) < 4.78 is 0. The van der Waals surface area contributed by atoms with Crippen LogP contribution >= 0.6 is 0 Å². The molecule has 0 bridgehead atoms. The van der Waals surface area contributed by atoms with Crippen LogP contribution in [0.25, 0.3) is 0 Å². The molecule has 0 saturated carbocycles. The number of aliphatic hydroxyl groups excluding tert-OH is 1. The van der Waals surface area contributed by atoms with Crippen molar-refractivity contribution >= 4 is 5.91 Å². The molecule has 0 fully saturated rings. The fraction of sp³-hybridized carbons (Fsp3) is 0.381. The highest BCUT2D eigenvalue weighted by atomic mass is 16.5. The van der Waals surface area contributed by atoms with Crippen molar-refractivity contribution in [3.63, 3.8) is 0 Å². The number of carbonyl (C=O) groups is 1. The quantitative estimate of drug-likeness (QED) is 0.257. The SMILES string of the molecule is C=C(O)/C=C\C(=C)C(C)CCNC(C)C(=O)N(O)Cc1ccc(C)cc1. The number of carbonyl (C=O) groups excluding carboxylic acids is 1. The molecule has 142 valence electrons. The number of nitrogens with zero attached hydrogens (tertiary/aromatic N) is 1. The Bertz CT molecular complexity index is 650. The Hall–Kier alpha value is -2.37. The van der Waals surface area contributed by atoms with Crippen LogP contribution in [0.2, 0.25) is 0 Å². The number of nitrogens with one attached hydrogen (secondary N) is 1. The number of allylic oxidation sites excluding steroid dienone is 3. The van der Waals surface area contributed by atoms with E-state index < -0.39 is 6.04 Å². The van der Waals surface area contributed by atoms with E-state index in [2.05, 4.69) is 18.5 Å². The van der Waals surface area contributed by atoms with Crippen LogP contribution in [-0.2, 0) is 11.3 Å². The zero-order chi connectivity index (χ0) is 19.7. The molecular weight excluding hydrogens is 328 g/mol. The highest BCUT2D eigenvalue weighted by Gasteiger charge is 2.19. The summed E-state index contributed by atoms with van der Waals surface area (Å²) in [5.41, 5.74) is 2.89. The highest BCUT2D eigenvalue weighted by molar-refractivity contribution is 5.80. The Morgan fingerprint density at radius 2 is 1.85 bits per heavy atom. The molecule has 1 aromatic rings. The third-order valence-electron chi connectivity index (χ3n) is 4.23. The van der Waals surface area contributed by atoms with E-state index in [1.54, 1.807) is 13.0 Å². The first-order chi connectivity index (χ1) is 12.2. The van der Waals surface area contributed by atoms with Gasteiger partial charge in [-0.3, -0.25) is 10.0 Å². The predicted molar refractivity (Wildman–Crippen MR) is 105 cm³/mol. The molecule has 0 aliphatic heterocycles. The molecule has 26 heavy (non-hydrogen) atoms. The highest BCUT2D eigenvalue weighted by Crippen LogP contribution is 2.14. The Kier molecular flexibility index (Phi) is 8.82. The molecule has 1 rings (SSSR count).